The number of anilines is 1. The summed E-state index contributed by atoms with van der Waals surface area (Å²) < 4.78 is 45.0. The molecule has 0 bridgehead atoms. The van der Waals surface area contributed by atoms with Gasteiger partial charge in [-0.05, 0) is 26.0 Å². The van der Waals surface area contributed by atoms with Crippen LogP contribution < -0.4 is 10.6 Å². The van der Waals surface area contributed by atoms with E-state index in [-0.39, 0.29) is 24.7 Å². The molecule has 2 unspecified atom stereocenters. The van der Waals surface area contributed by atoms with Gasteiger partial charge in [0.25, 0.3) is 0 Å². The number of amides is 2. The first-order valence-corrected chi connectivity index (χ1v) is 7.84. The summed E-state index contributed by atoms with van der Waals surface area (Å²) >= 11 is 0. The fraction of sp³-hybridized carbons (Fsp3) is 0.500. The van der Waals surface area contributed by atoms with Crippen molar-refractivity contribution < 1.29 is 27.5 Å². The fourth-order valence-electron chi connectivity index (χ4n) is 2.67. The molecule has 0 aromatic heterocycles. The molecule has 2 N–H and O–H groups in total. The van der Waals surface area contributed by atoms with Crippen LogP contribution in [0.1, 0.15) is 13.8 Å². The molecular formula is C16H20F3N3O3. The average Bonchev–Trinajstić information content (AvgIpc) is 2.52. The Morgan fingerprint density at radius 3 is 2.40 bits per heavy atom. The smallest absolute Gasteiger partial charge is 0.243 e. The maximum Gasteiger partial charge on any atom is 0.243 e. The fourth-order valence-corrected chi connectivity index (χ4v) is 2.67. The minimum absolute atomic E-state index is 0.0104. The minimum Gasteiger partial charge on any atom is -0.373 e. The van der Waals surface area contributed by atoms with Gasteiger partial charge in [-0.1, -0.05) is 0 Å². The molecule has 2 rings (SSSR count). The van der Waals surface area contributed by atoms with Crippen molar-refractivity contribution in [2.45, 2.75) is 26.1 Å². The molecule has 1 aromatic carbocycles. The topological polar surface area (TPSA) is 70.7 Å². The van der Waals surface area contributed by atoms with Gasteiger partial charge in [-0.2, -0.15) is 0 Å². The summed E-state index contributed by atoms with van der Waals surface area (Å²) in [6.45, 7) is 4.71. The van der Waals surface area contributed by atoms with Crippen LogP contribution in [0.5, 0.6) is 0 Å². The van der Waals surface area contributed by atoms with Crippen molar-refractivity contribution in [2.24, 2.45) is 0 Å². The Labute approximate surface area is 143 Å². The van der Waals surface area contributed by atoms with Crippen molar-refractivity contribution in [1.29, 1.82) is 0 Å². The summed E-state index contributed by atoms with van der Waals surface area (Å²) in [7, 11) is 0. The van der Waals surface area contributed by atoms with Crippen LogP contribution in [0, 0.1) is 17.5 Å². The Hall–Kier alpha value is -2.13. The van der Waals surface area contributed by atoms with Crippen molar-refractivity contribution in [3.05, 3.63) is 29.6 Å². The lowest BCUT2D eigenvalue weighted by Gasteiger charge is -2.34. The summed E-state index contributed by atoms with van der Waals surface area (Å²) in [5.41, 5.74) is -0.492. The van der Waals surface area contributed by atoms with Crippen LogP contribution in [0.3, 0.4) is 0 Å². The van der Waals surface area contributed by atoms with Gasteiger partial charge in [0.05, 0.1) is 31.0 Å². The van der Waals surface area contributed by atoms with Crippen LogP contribution in [0.25, 0.3) is 0 Å². The number of rotatable bonds is 5. The average molecular weight is 359 g/mol. The molecule has 2 atom stereocenters. The predicted molar refractivity (Wildman–Crippen MR) is 84.4 cm³/mol. The maximum absolute atomic E-state index is 13.5. The first-order valence-electron chi connectivity index (χ1n) is 7.84. The molecular weight excluding hydrogens is 339 g/mol. The molecule has 1 fully saturated rings. The van der Waals surface area contributed by atoms with Crippen molar-refractivity contribution in [2.75, 3.05) is 31.5 Å². The lowest BCUT2D eigenvalue weighted by molar-refractivity contribution is -0.128. The highest BCUT2D eigenvalue weighted by molar-refractivity contribution is 5.94. The van der Waals surface area contributed by atoms with Crippen molar-refractivity contribution in [3.63, 3.8) is 0 Å². The van der Waals surface area contributed by atoms with E-state index in [4.69, 9.17) is 4.74 Å². The van der Waals surface area contributed by atoms with Gasteiger partial charge in [-0.15, -0.1) is 0 Å². The Balaban J connectivity index is 1.80. The normalized spacial score (nSPS) is 21.0. The molecule has 25 heavy (non-hydrogen) atoms. The molecule has 0 aliphatic carbocycles. The van der Waals surface area contributed by atoms with Gasteiger partial charge in [0.1, 0.15) is 0 Å². The number of hydrogen-bond donors (Lipinski definition) is 2. The Morgan fingerprint density at radius 2 is 1.76 bits per heavy atom. The summed E-state index contributed by atoms with van der Waals surface area (Å²) in [6, 6.07) is 1.61. The molecule has 0 saturated carbocycles. The molecule has 9 heteroatoms. The summed E-state index contributed by atoms with van der Waals surface area (Å²) in [5.74, 6) is -5.63. The number of benzene rings is 1. The van der Waals surface area contributed by atoms with Gasteiger partial charge in [-0.3, -0.25) is 14.5 Å². The van der Waals surface area contributed by atoms with Gasteiger partial charge in [0.2, 0.25) is 11.8 Å². The van der Waals surface area contributed by atoms with Crippen molar-refractivity contribution in [3.8, 4) is 0 Å². The summed E-state index contributed by atoms with van der Waals surface area (Å²) in [4.78, 5) is 25.5. The molecule has 1 saturated heterocycles. The number of hydrogen-bond acceptors (Lipinski definition) is 4. The molecule has 1 heterocycles. The van der Waals surface area contributed by atoms with E-state index in [0.717, 1.165) is 6.07 Å². The lowest BCUT2D eigenvalue weighted by Crippen LogP contribution is -2.49. The van der Waals surface area contributed by atoms with Crippen LogP contribution in [0.2, 0.25) is 0 Å². The van der Waals surface area contributed by atoms with Crippen LogP contribution in [-0.2, 0) is 14.3 Å². The van der Waals surface area contributed by atoms with Crippen LogP contribution in [0.15, 0.2) is 12.1 Å². The summed E-state index contributed by atoms with van der Waals surface area (Å²) in [6.07, 6.45) is 0.0207. The zero-order valence-corrected chi connectivity index (χ0v) is 13.9. The zero-order valence-electron chi connectivity index (χ0n) is 13.9. The van der Waals surface area contributed by atoms with E-state index >= 15 is 0 Å². The molecule has 0 spiro atoms. The SMILES string of the molecule is CC1CN(CC(=O)NCC(=O)Nc2ccc(F)c(F)c2F)CC(C)O1. The highest BCUT2D eigenvalue weighted by atomic mass is 19.2. The minimum atomic E-state index is -1.67. The summed E-state index contributed by atoms with van der Waals surface area (Å²) in [5, 5.41) is 4.48. The second kappa shape index (κ2) is 8.30. The van der Waals surface area contributed by atoms with E-state index in [1.54, 1.807) is 0 Å². The second-order valence-electron chi connectivity index (χ2n) is 6.00. The van der Waals surface area contributed by atoms with Gasteiger partial charge in [-0.25, -0.2) is 13.2 Å². The third-order valence-corrected chi connectivity index (χ3v) is 3.62. The number of morpholine rings is 1. The number of carbonyl (C=O) groups is 2. The molecule has 1 aliphatic heterocycles. The van der Waals surface area contributed by atoms with Crippen LogP contribution in [0.4, 0.5) is 18.9 Å². The van der Waals surface area contributed by atoms with E-state index in [2.05, 4.69) is 10.6 Å². The van der Waals surface area contributed by atoms with E-state index < -0.39 is 35.6 Å². The first kappa shape index (κ1) is 19.2. The Morgan fingerprint density at radius 1 is 1.12 bits per heavy atom. The molecule has 2 amide bonds. The van der Waals surface area contributed by atoms with E-state index in [0.29, 0.717) is 19.2 Å². The van der Waals surface area contributed by atoms with Crippen LogP contribution >= 0.6 is 0 Å². The molecule has 1 aliphatic rings. The van der Waals surface area contributed by atoms with E-state index in [1.165, 1.54) is 0 Å². The number of ether oxygens (including phenoxy) is 1. The highest BCUT2D eigenvalue weighted by Crippen LogP contribution is 2.19. The largest absolute Gasteiger partial charge is 0.373 e. The maximum atomic E-state index is 13.5. The standard InChI is InChI=1S/C16H20F3N3O3/c1-9-6-22(7-10(2)25-9)8-14(24)20-5-13(23)21-12-4-3-11(17)15(18)16(12)19/h3-4,9-10H,5-8H2,1-2H3,(H,20,24)(H,21,23). The Kier molecular flexibility index (Phi) is 6.38. The third-order valence-electron chi connectivity index (χ3n) is 3.62. The van der Waals surface area contributed by atoms with E-state index in [1.807, 2.05) is 18.7 Å². The number of halogens is 3. The number of carbonyl (C=O) groups excluding carboxylic acids is 2. The quantitative estimate of drug-likeness (QED) is 0.777. The Bertz CT molecular complexity index is 647. The van der Waals surface area contributed by atoms with E-state index in [9.17, 15) is 22.8 Å². The molecule has 1 aromatic rings. The molecule has 138 valence electrons. The number of nitrogens with zero attached hydrogens (tertiary/aromatic N) is 1. The number of nitrogens with one attached hydrogen (secondary N) is 2. The lowest BCUT2D eigenvalue weighted by atomic mass is 10.2. The zero-order chi connectivity index (χ0) is 18.6. The van der Waals surface area contributed by atoms with Gasteiger partial charge >= 0.3 is 0 Å². The predicted octanol–water partition coefficient (Wildman–Crippen LogP) is 1.27. The van der Waals surface area contributed by atoms with Gasteiger partial charge in [0, 0.05) is 13.1 Å². The first-order chi connectivity index (χ1) is 11.8. The molecule has 6 nitrogen and oxygen atoms in total. The molecule has 0 radical (unpaired) electrons. The van der Waals surface area contributed by atoms with Crippen molar-refractivity contribution in [1.82, 2.24) is 10.2 Å². The third kappa shape index (κ3) is 5.43. The monoisotopic (exact) mass is 359 g/mol. The second-order valence-corrected chi connectivity index (χ2v) is 6.00. The van der Waals surface area contributed by atoms with Crippen molar-refractivity contribution >= 4 is 17.5 Å². The highest BCUT2D eigenvalue weighted by Gasteiger charge is 2.23. The van der Waals surface area contributed by atoms with Gasteiger partial charge < -0.3 is 15.4 Å². The van der Waals surface area contributed by atoms with Crippen LogP contribution in [-0.4, -0.2) is 55.1 Å². The van der Waals surface area contributed by atoms with Gasteiger partial charge in [0.15, 0.2) is 17.5 Å².